The van der Waals surface area contributed by atoms with Crippen molar-refractivity contribution in [2.75, 3.05) is 18.2 Å². The number of nitrogens with two attached hydrogens (primary N) is 1. The van der Waals surface area contributed by atoms with Gasteiger partial charge in [-0.15, -0.1) is 0 Å². The molecule has 21 heavy (non-hydrogen) atoms. The Labute approximate surface area is 121 Å². The van der Waals surface area contributed by atoms with Crippen LogP contribution in [0.1, 0.15) is 26.5 Å². The van der Waals surface area contributed by atoms with Gasteiger partial charge < -0.3 is 15.8 Å². The summed E-state index contributed by atoms with van der Waals surface area (Å²) in [4.78, 5) is 23.7. The van der Waals surface area contributed by atoms with Crippen molar-refractivity contribution >= 4 is 23.3 Å². The lowest BCUT2D eigenvalue weighted by molar-refractivity contribution is 0.0600. The molecule has 1 aromatic heterocycles. The second kappa shape index (κ2) is 5.66. The molecule has 3 N–H and O–H groups in total. The number of esters is 1. The summed E-state index contributed by atoms with van der Waals surface area (Å²) in [5.41, 5.74) is 7.86. The number of benzene rings is 1. The average molecular weight is 288 g/mol. The van der Waals surface area contributed by atoms with Crippen LogP contribution in [0, 0.1) is 6.92 Å². The Kier molecular flexibility index (Phi) is 3.93. The van der Waals surface area contributed by atoms with Crippen LogP contribution in [0.2, 0.25) is 0 Å². The molecule has 0 fully saturated rings. The summed E-state index contributed by atoms with van der Waals surface area (Å²) in [6, 6.07) is 6.46. The minimum atomic E-state index is -0.470. The number of nitrogen functional groups attached to an aromatic ring is 1. The van der Waals surface area contributed by atoms with Crippen molar-refractivity contribution in [2.45, 2.75) is 6.92 Å². The number of nitrogens with one attached hydrogen (secondary N) is 1. The van der Waals surface area contributed by atoms with E-state index in [1.807, 2.05) is 0 Å². The molecule has 0 unspecified atom stereocenters. The highest BCUT2D eigenvalue weighted by molar-refractivity contribution is 6.07. The second-order valence-electron chi connectivity index (χ2n) is 4.50. The van der Waals surface area contributed by atoms with Crippen molar-refractivity contribution in [3.63, 3.8) is 0 Å². The highest BCUT2D eigenvalue weighted by Crippen LogP contribution is 2.18. The van der Waals surface area contributed by atoms with Gasteiger partial charge in [-0.25, -0.2) is 4.79 Å². The van der Waals surface area contributed by atoms with Crippen molar-refractivity contribution < 1.29 is 14.3 Å². The first-order valence-corrected chi connectivity index (χ1v) is 6.23. The molecule has 1 heterocycles. The van der Waals surface area contributed by atoms with Crippen LogP contribution < -0.4 is 11.1 Å². The van der Waals surface area contributed by atoms with Gasteiger partial charge in [-0.1, -0.05) is 6.07 Å². The number of hydrogen-bond donors (Lipinski definition) is 2. The van der Waals surface area contributed by atoms with Crippen LogP contribution in [0.4, 0.5) is 11.4 Å². The van der Waals surface area contributed by atoms with Crippen molar-refractivity contribution in [3.8, 4) is 0 Å². The van der Waals surface area contributed by atoms with Gasteiger partial charge >= 0.3 is 5.97 Å². The predicted molar refractivity (Wildman–Crippen MR) is 78.1 cm³/mol. The lowest BCUT2D eigenvalue weighted by Gasteiger charge is -2.07. The van der Waals surface area contributed by atoms with Crippen LogP contribution in [-0.2, 0) is 11.8 Å². The van der Waals surface area contributed by atoms with Gasteiger partial charge in [0.2, 0.25) is 0 Å². The standard InChI is InChI=1S/C14H16N4O3/c1-8-11(15)12(18(2)17-8)13(19)16-10-6-4-5-9(7-10)14(20)21-3/h4-7H,15H2,1-3H3,(H,16,19). The zero-order chi connectivity index (χ0) is 15.6. The maximum Gasteiger partial charge on any atom is 0.337 e. The minimum Gasteiger partial charge on any atom is -0.465 e. The number of carbonyl (C=O) groups is 2. The van der Waals surface area contributed by atoms with Crippen molar-refractivity contribution in [1.82, 2.24) is 9.78 Å². The van der Waals surface area contributed by atoms with Gasteiger partial charge in [0.25, 0.3) is 5.91 Å². The lowest BCUT2D eigenvalue weighted by Crippen LogP contribution is -2.18. The topological polar surface area (TPSA) is 99.2 Å². The number of carbonyl (C=O) groups excluding carboxylic acids is 2. The number of aromatic nitrogens is 2. The zero-order valence-electron chi connectivity index (χ0n) is 12.0. The number of hydrogen-bond acceptors (Lipinski definition) is 5. The Morgan fingerprint density at radius 3 is 2.67 bits per heavy atom. The summed E-state index contributed by atoms with van der Waals surface area (Å²) < 4.78 is 6.06. The Morgan fingerprint density at radius 1 is 1.38 bits per heavy atom. The Balaban J connectivity index is 2.26. The van der Waals surface area contributed by atoms with E-state index in [0.29, 0.717) is 22.6 Å². The lowest BCUT2D eigenvalue weighted by atomic mass is 10.2. The van der Waals surface area contributed by atoms with E-state index in [1.165, 1.54) is 17.9 Å². The van der Waals surface area contributed by atoms with Gasteiger partial charge in [-0.3, -0.25) is 9.48 Å². The summed E-state index contributed by atoms with van der Waals surface area (Å²) in [5.74, 6) is -0.861. The quantitative estimate of drug-likeness (QED) is 0.830. The zero-order valence-corrected chi connectivity index (χ0v) is 12.0. The first kappa shape index (κ1) is 14.6. The van der Waals surface area contributed by atoms with Crippen LogP contribution in [0.25, 0.3) is 0 Å². The fourth-order valence-corrected chi connectivity index (χ4v) is 1.98. The average Bonchev–Trinajstić information content (AvgIpc) is 2.71. The monoisotopic (exact) mass is 288 g/mol. The number of amides is 1. The third-order valence-electron chi connectivity index (χ3n) is 3.03. The molecule has 1 amide bonds. The SMILES string of the molecule is COC(=O)c1cccc(NC(=O)c2c(N)c(C)nn2C)c1. The minimum absolute atomic E-state index is 0.274. The summed E-state index contributed by atoms with van der Waals surface area (Å²) in [7, 11) is 2.94. The molecule has 0 aliphatic carbocycles. The fourth-order valence-electron chi connectivity index (χ4n) is 1.98. The Morgan fingerprint density at radius 2 is 2.10 bits per heavy atom. The van der Waals surface area contributed by atoms with Crippen LogP contribution in [0.3, 0.4) is 0 Å². The van der Waals surface area contributed by atoms with Crippen molar-refractivity contribution in [2.24, 2.45) is 7.05 Å². The molecule has 2 rings (SSSR count). The van der Waals surface area contributed by atoms with E-state index in [0.717, 1.165) is 0 Å². The van der Waals surface area contributed by atoms with E-state index in [1.54, 1.807) is 32.2 Å². The first-order valence-electron chi connectivity index (χ1n) is 6.23. The van der Waals surface area contributed by atoms with E-state index in [2.05, 4.69) is 15.2 Å². The summed E-state index contributed by atoms with van der Waals surface area (Å²) in [6.45, 7) is 1.73. The number of anilines is 2. The molecular formula is C14H16N4O3. The molecule has 7 heteroatoms. The fraction of sp³-hybridized carbons (Fsp3) is 0.214. The molecule has 0 saturated carbocycles. The van der Waals surface area contributed by atoms with E-state index in [4.69, 9.17) is 5.73 Å². The normalized spacial score (nSPS) is 10.2. The molecule has 0 atom stereocenters. The number of methoxy groups -OCH3 is 1. The molecule has 0 spiro atoms. The van der Waals surface area contributed by atoms with E-state index in [-0.39, 0.29) is 5.69 Å². The van der Waals surface area contributed by atoms with Gasteiger partial charge in [0.15, 0.2) is 0 Å². The van der Waals surface area contributed by atoms with E-state index >= 15 is 0 Å². The molecule has 7 nitrogen and oxygen atoms in total. The molecule has 2 aromatic rings. The predicted octanol–water partition coefficient (Wildman–Crippen LogP) is 1.35. The summed E-state index contributed by atoms with van der Waals surface area (Å²) in [5, 5.41) is 6.77. The van der Waals surface area contributed by atoms with Gasteiger partial charge in [0.1, 0.15) is 5.69 Å². The summed E-state index contributed by atoms with van der Waals surface area (Å²) in [6.07, 6.45) is 0. The maximum absolute atomic E-state index is 12.3. The third kappa shape index (κ3) is 2.86. The van der Waals surface area contributed by atoms with Crippen molar-refractivity contribution in [3.05, 3.63) is 41.2 Å². The van der Waals surface area contributed by atoms with Crippen LogP contribution in [0.15, 0.2) is 24.3 Å². The number of ether oxygens (including phenoxy) is 1. The highest BCUT2D eigenvalue weighted by Gasteiger charge is 2.18. The molecule has 0 radical (unpaired) electrons. The second-order valence-corrected chi connectivity index (χ2v) is 4.50. The number of rotatable bonds is 3. The molecule has 1 aromatic carbocycles. The first-order chi connectivity index (χ1) is 9.93. The highest BCUT2D eigenvalue weighted by atomic mass is 16.5. The molecule has 0 aliphatic rings. The van der Waals surface area contributed by atoms with Crippen LogP contribution in [-0.4, -0.2) is 28.8 Å². The maximum atomic E-state index is 12.3. The molecule has 0 bridgehead atoms. The number of nitrogens with zero attached hydrogens (tertiary/aromatic N) is 2. The molecule has 0 aliphatic heterocycles. The van der Waals surface area contributed by atoms with E-state index in [9.17, 15) is 9.59 Å². The molecule has 110 valence electrons. The Hall–Kier alpha value is -2.83. The van der Waals surface area contributed by atoms with Crippen LogP contribution in [0.5, 0.6) is 0 Å². The van der Waals surface area contributed by atoms with Gasteiger partial charge in [0, 0.05) is 12.7 Å². The number of aryl methyl sites for hydroxylation is 2. The van der Waals surface area contributed by atoms with Gasteiger partial charge in [0.05, 0.1) is 24.1 Å². The Bertz CT molecular complexity index is 706. The summed E-state index contributed by atoms with van der Waals surface area (Å²) >= 11 is 0. The van der Waals surface area contributed by atoms with Crippen LogP contribution >= 0.6 is 0 Å². The molecule has 0 saturated heterocycles. The largest absolute Gasteiger partial charge is 0.465 e. The molecular weight excluding hydrogens is 272 g/mol. The van der Waals surface area contributed by atoms with Gasteiger partial charge in [-0.05, 0) is 25.1 Å². The van der Waals surface area contributed by atoms with Gasteiger partial charge in [-0.2, -0.15) is 5.10 Å². The van der Waals surface area contributed by atoms with Crippen molar-refractivity contribution in [1.29, 1.82) is 0 Å². The third-order valence-corrected chi connectivity index (χ3v) is 3.03. The van der Waals surface area contributed by atoms with E-state index < -0.39 is 11.9 Å². The smallest absolute Gasteiger partial charge is 0.337 e.